The Morgan fingerprint density at radius 2 is 1.98 bits per heavy atom. The summed E-state index contributed by atoms with van der Waals surface area (Å²) in [5.41, 5.74) is 5.38. The fraction of sp³-hybridized carbons (Fsp3) is 0.303. The molecule has 0 radical (unpaired) electrons. The van der Waals surface area contributed by atoms with E-state index in [-0.39, 0.29) is 11.9 Å². The molecule has 41 heavy (non-hydrogen) atoms. The van der Waals surface area contributed by atoms with Gasteiger partial charge in [0.25, 0.3) is 5.91 Å². The van der Waals surface area contributed by atoms with Gasteiger partial charge in [0.05, 0.1) is 23.0 Å². The SMILES string of the molecule is [C-]#[N+]c1cc2ccc(CN3CCC(c4cn(-c5ccc(F)cc5C(=O)N(C)C(C)C)c5cnccc45)CC3)cc2[nH]1. The summed E-state index contributed by atoms with van der Waals surface area (Å²) >= 11 is 0. The summed E-state index contributed by atoms with van der Waals surface area (Å²) in [7, 11) is 1.75. The number of nitrogens with zero attached hydrogens (tertiary/aromatic N) is 5. The first-order chi connectivity index (χ1) is 19.8. The van der Waals surface area contributed by atoms with Crippen LogP contribution in [0.3, 0.4) is 0 Å². The first kappa shape index (κ1) is 26.7. The number of rotatable bonds is 6. The number of aromatic nitrogens is 3. The minimum Gasteiger partial charge on any atom is -0.364 e. The number of benzene rings is 2. The van der Waals surface area contributed by atoms with E-state index >= 15 is 0 Å². The molecule has 0 aliphatic carbocycles. The van der Waals surface area contributed by atoms with Gasteiger partial charge in [-0.3, -0.25) is 14.7 Å². The minimum atomic E-state index is -0.432. The van der Waals surface area contributed by atoms with Gasteiger partial charge < -0.3 is 19.3 Å². The standard InChI is InChI=1S/C33H33FN6O/c1-21(2)38(4)33(41)27-17-25(34)7-8-30(27)40-20-28(26-9-12-36-18-31(26)40)23-10-13-39(14-11-23)19-22-5-6-24-16-32(35-3)37-29(24)15-22/h5-9,12,15-18,20-21,23,37H,10-11,13-14,19H2,1-2,4H3. The van der Waals surface area contributed by atoms with Crippen molar-refractivity contribution >= 4 is 33.5 Å². The van der Waals surface area contributed by atoms with Crippen LogP contribution in [0.2, 0.25) is 0 Å². The second kappa shape index (κ2) is 10.8. The maximum atomic E-state index is 14.4. The average molecular weight is 549 g/mol. The molecular formula is C33H33FN6O. The summed E-state index contributed by atoms with van der Waals surface area (Å²) in [6, 6.07) is 14.7. The van der Waals surface area contributed by atoms with Gasteiger partial charge in [-0.2, -0.15) is 0 Å². The number of aromatic amines is 1. The number of hydrogen-bond donors (Lipinski definition) is 1. The van der Waals surface area contributed by atoms with E-state index in [1.165, 1.54) is 23.3 Å². The van der Waals surface area contributed by atoms with Gasteiger partial charge in [0.15, 0.2) is 0 Å². The van der Waals surface area contributed by atoms with Gasteiger partial charge in [0, 0.05) is 42.8 Å². The summed E-state index contributed by atoms with van der Waals surface area (Å²) in [4.78, 5) is 28.6. The lowest BCUT2D eigenvalue weighted by molar-refractivity contribution is 0.0754. The monoisotopic (exact) mass is 548 g/mol. The first-order valence-electron chi connectivity index (χ1n) is 14.1. The number of likely N-dealkylation sites (tertiary alicyclic amines) is 1. The lowest BCUT2D eigenvalue weighted by Gasteiger charge is -2.32. The Morgan fingerprint density at radius 1 is 1.17 bits per heavy atom. The van der Waals surface area contributed by atoms with Crippen molar-refractivity contribution in [3.8, 4) is 5.69 Å². The van der Waals surface area contributed by atoms with Crippen LogP contribution < -0.4 is 0 Å². The number of amides is 1. The molecule has 1 N–H and O–H groups in total. The van der Waals surface area contributed by atoms with Crippen LogP contribution in [-0.4, -0.2) is 56.4 Å². The van der Waals surface area contributed by atoms with Gasteiger partial charge >= 0.3 is 0 Å². The first-order valence-corrected chi connectivity index (χ1v) is 14.1. The second-order valence-electron chi connectivity index (χ2n) is 11.3. The van der Waals surface area contributed by atoms with Crippen molar-refractivity contribution in [1.29, 1.82) is 0 Å². The van der Waals surface area contributed by atoms with Crippen molar-refractivity contribution in [1.82, 2.24) is 24.3 Å². The molecule has 8 heteroatoms. The van der Waals surface area contributed by atoms with Gasteiger partial charge in [-0.1, -0.05) is 18.7 Å². The number of hydrogen-bond acceptors (Lipinski definition) is 3. The molecule has 7 nitrogen and oxygen atoms in total. The number of carbonyl (C=O) groups excluding carboxylic acids is 1. The fourth-order valence-electron chi connectivity index (χ4n) is 5.92. The molecular weight excluding hydrogens is 515 g/mol. The molecule has 0 spiro atoms. The van der Waals surface area contributed by atoms with Crippen LogP contribution in [-0.2, 0) is 6.54 Å². The van der Waals surface area contributed by atoms with Crippen molar-refractivity contribution < 1.29 is 9.18 Å². The van der Waals surface area contributed by atoms with Crippen LogP contribution in [0.15, 0.2) is 67.1 Å². The number of pyridine rings is 1. The normalized spacial score (nSPS) is 14.6. The van der Waals surface area contributed by atoms with E-state index in [1.54, 1.807) is 18.0 Å². The molecule has 208 valence electrons. The lowest BCUT2D eigenvalue weighted by atomic mass is 9.89. The van der Waals surface area contributed by atoms with Crippen molar-refractivity contribution in [2.75, 3.05) is 20.1 Å². The van der Waals surface area contributed by atoms with E-state index in [0.29, 0.717) is 23.0 Å². The second-order valence-corrected chi connectivity index (χ2v) is 11.3. The van der Waals surface area contributed by atoms with Crippen LogP contribution in [0.25, 0.3) is 32.3 Å². The van der Waals surface area contributed by atoms with Crippen molar-refractivity contribution in [2.45, 2.75) is 45.2 Å². The predicted molar refractivity (Wildman–Crippen MR) is 160 cm³/mol. The molecule has 1 amide bonds. The molecule has 0 saturated carbocycles. The van der Waals surface area contributed by atoms with Crippen LogP contribution >= 0.6 is 0 Å². The molecule has 1 aliphatic rings. The Morgan fingerprint density at radius 3 is 2.73 bits per heavy atom. The van der Waals surface area contributed by atoms with Crippen molar-refractivity contribution in [3.05, 3.63) is 101 Å². The number of H-pyrrole nitrogens is 1. The molecule has 1 fully saturated rings. The number of nitrogens with one attached hydrogen (secondary N) is 1. The maximum absolute atomic E-state index is 14.4. The number of halogens is 1. The third kappa shape index (κ3) is 5.09. The molecule has 5 aromatic rings. The van der Waals surface area contributed by atoms with Crippen LogP contribution in [0.1, 0.15) is 54.1 Å². The highest BCUT2D eigenvalue weighted by atomic mass is 19.1. The zero-order valence-corrected chi connectivity index (χ0v) is 23.6. The highest BCUT2D eigenvalue weighted by Gasteiger charge is 2.26. The molecule has 1 saturated heterocycles. The van der Waals surface area contributed by atoms with Gasteiger partial charge in [-0.25, -0.2) is 4.39 Å². The molecule has 2 aromatic carbocycles. The van der Waals surface area contributed by atoms with Crippen molar-refractivity contribution in [3.63, 3.8) is 0 Å². The van der Waals surface area contributed by atoms with E-state index in [9.17, 15) is 9.18 Å². The summed E-state index contributed by atoms with van der Waals surface area (Å²) in [6.45, 7) is 13.9. The molecule has 0 bridgehead atoms. The topological polar surface area (TPSA) is 61.5 Å². The Bertz CT molecular complexity index is 1790. The molecule has 3 aromatic heterocycles. The largest absolute Gasteiger partial charge is 0.364 e. The number of carbonyl (C=O) groups is 1. The van der Waals surface area contributed by atoms with E-state index in [1.807, 2.05) is 42.9 Å². The number of fused-ring (bicyclic) bond motifs is 2. The van der Waals surface area contributed by atoms with Gasteiger partial charge in [-0.15, -0.1) is 0 Å². The summed E-state index contributed by atoms with van der Waals surface area (Å²) < 4.78 is 16.4. The third-order valence-electron chi connectivity index (χ3n) is 8.41. The highest BCUT2D eigenvalue weighted by Crippen LogP contribution is 2.36. The van der Waals surface area contributed by atoms with Gasteiger partial charge in [-0.05, 0) is 93.2 Å². The highest BCUT2D eigenvalue weighted by molar-refractivity contribution is 5.99. The Hall–Kier alpha value is -4.48. The average Bonchev–Trinajstić information content (AvgIpc) is 3.58. The molecule has 0 unspecified atom stereocenters. The van der Waals surface area contributed by atoms with Crippen LogP contribution in [0.5, 0.6) is 0 Å². The zero-order valence-electron chi connectivity index (χ0n) is 23.6. The van der Waals surface area contributed by atoms with Crippen LogP contribution in [0.4, 0.5) is 10.2 Å². The minimum absolute atomic E-state index is 0.0107. The Kier molecular flexibility index (Phi) is 7.06. The molecule has 1 aliphatic heterocycles. The Balaban J connectivity index is 1.26. The van der Waals surface area contributed by atoms with Gasteiger partial charge in [0.1, 0.15) is 11.3 Å². The van der Waals surface area contributed by atoms with E-state index in [4.69, 9.17) is 6.57 Å². The zero-order chi connectivity index (χ0) is 28.7. The lowest BCUT2D eigenvalue weighted by Crippen LogP contribution is -2.33. The van der Waals surface area contributed by atoms with Crippen LogP contribution in [0, 0.1) is 12.4 Å². The maximum Gasteiger partial charge on any atom is 0.256 e. The fourth-order valence-corrected chi connectivity index (χ4v) is 5.92. The summed E-state index contributed by atoms with van der Waals surface area (Å²) in [6.07, 6.45) is 7.79. The van der Waals surface area contributed by atoms with Crippen molar-refractivity contribution in [2.24, 2.45) is 0 Å². The molecule has 4 heterocycles. The van der Waals surface area contributed by atoms with E-state index < -0.39 is 5.82 Å². The quantitative estimate of drug-likeness (QED) is 0.231. The Labute approximate surface area is 239 Å². The smallest absolute Gasteiger partial charge is 0.256 e. The number of piperidine rings is 1. The third-order valence-corrected chi connectivity index (χ3v) is 8.41. The summed E-state index contributed by atoms with van der Waals surface area (Å²) in [5, 5.41) is 2.18. The summed E-state index contributed by atoms with van der Waals surface area (Å²) in [5.74, 6) is 0.287. The molecule has 0 atom stereocenters. The van der Waals surface area contributed by atoms with Gasteiger partial charge in [0.2, 0.25) is 5.82 Å². The van der Waals surface area contributed by atoms with E-state index in [0.717, 1.165) is 54.3 Å². The molecule has 6 rings (SSSR count). The van der Waals surface area contributed by atoms with E-state index in [2.05, 4.69) is 44.1 Å². The predicted octanol–water partition coefficient (Wildman–Crippen LogP) is 7.06.